The van der Waals surface area contributed by atoms with Gasteiger partial charge in [0.1, 0.15) is 6.61 Å². The lowest BCUT2D eigenvalue weighted by atomic mass is 9.83. The second kappa shape index (κ2) is 7.98. The van der Waals surface area contributed by atoms with Crippen LogP contribution in [0.15, 0.2) is 48.5 Å². The van der Waals surface area contributed by atoms with Crippen LogP contribution in [0.1, 0.15) is 30.0 Å². The SMILES string of the molecule is O=C(OCc1ccccc1)N1CCC(O)(C(F)(F)F)CC1c1ccc(F)c(F)c1. The maximum Gasteiger partial charge on any atom is 0.417 e. The number of amides is 1. The monoisotopic (exact) mass is 415 g/mol. The lowest BCUT2D eigenvalue weighted by molar-refractivity contribution is -0.276. The molecule has 3 rings (SSSR count). The minimum Gasteiger partial charge on any atom is -0.445 e. The van der Waals surface area contributed by atoms with Gasteiger partial charge in [0.15, 0.2) is 17.2 Å². The first-order chi connectivity index (χ1) is 13.6. The fourth-order valence-corrected chi connectivity index (χ4v) is 3.29. The van der Waals surface area contributed by atoms with Crippen LogP contribution in [-0.4, -0.2) is 34.4 Å². The van der Waals surface area contributed by atoms with Crippen LogP contribution in [-0.2, 0) is 11.3 Å². The number of halogens is 5. The van der Waals surface area contributed by atoms with E-state index in [4.69, 9.17) is 4.74 Å². The maximum atomic E-state index is 13.7. The summed E-state index contributed by atoms with van der Waals surface area (Å²) in [5.41, 5.74) is -2.45. The summed E-state index contributed by atoms with van der Waals surface area (Å²) in [6, 6.07) is 9.88. The first-order valence-electron chi connectivity index (χ1n) is 8.82. The normalized spacial score (nSPS) is 22.4. The third kappa shape index (κ3) is 4.50. The third-order valence-corrected chi connectivity index (χ3v) is 4.97. The van der Waals surface area contributed by atoms with Gasteiger partial charge in [-0.1, -0.05) is 36.4 Å². The molecule has 156 valence electrons. The van der Waals surface area contributed by atoms with E-state index in [0.29, 0.717) is 5.56 Å². The lowest BCUT2D eigenvalue weighted by Crippen LogP contribution is -2.55. The van der Waals surface area contributed by atoms with Crippen LogP contribution in [0.5, 0.6) is 0 Å². The van der Waals surface area contributed by atoms with Crippen molar-refractivity contribution in [2.75, 3.05) is 6.54 Å². The standard InChI is InChI=1S/C20H18F5NO3/c21-15-7-6-14(10-16(15)22)17-11-19(28,20(23,24)25)8-9-26(17)18(27)29-12-13-4-2-1-3-5-13/h1-7,10,17,28H,8-9,11-12H2. The van der Waals surface area contributed by atoms with Crippen LogP contribution in [0, 0.1) is 11.6 Å². The maximum absolute atomic E-state index is 13.7. The molecule has 0 saturated carbocycles. The smallest absolute Gasteiger partial charge is 0.417 e. The molecular formula is C20H18F5NO3. The van der Waals surface area contributed by atoms with E-state index >= 15 is 0 Å². The summed E-state index contributed by atoms with van der Waals surface area (Å²) in [5.74, 6) is -2.44. The van der Waals surface area contributed by atoms with E-state index in [1.807, 2.05) is 0 Å². The molecular weight excluding hydrogens is 397 g/mol. The summed E-state index contributed by atoms with van der Waals surface area (Å²) < 4.78 is 72.1. The quantitative estimate of drug-likeness (QED) is 0.738. The second-order valence-electron chi connectivity index (χ2n) is 6.91. The number of hydrogen-bond acceptors (Lipinski definition) is 3. The average molecular weight is 415 g/mol. The Kier molecular flexibility index (Phi) is 5.79. The van der Waals surface area contributed by atoms with E-state index in [0.717, 1.165) is 23.1 Å². The Morgan fingerprint density at radius 2 is 1.83 bits per heavy atom. The minimum atomic E-state index is -4.94. The largest absolute Gasteiger partial charge is 0.445 e. The fourth-order valence-electron chi connectivity index (χ4n) is 3.29. The van der Waals surface area contributed by atoms with Gasteiger partial charge in [-0.3, -0.25) is 0 Å². The molecule has 2 aromatic carbocycles. The number of ether oxygens (including phenoxy) is 1. The molecule has 1 saturated heterocycles. The van der Waals surface area contributed by atoms with Crippen molar-refractivity contribution in [2.24, 2.45) is 0 Å². The number of carbonyl (C=O) groups excluding carboxylic acids is 1. The number of likely N-dealkylation sites (tertiary alicyclic amines) is 1. The van der Waals surface area contributed by atoms with Gasteiger partial charge < -0.3 is 14.7 Å². The molecule has 4 nitrogen and oxygen atoms in total. The van der Waals surface area contributed by atoms with Crippen LogP contribution in [0.2, 0.25) is 0 Å². The van der Waals surface area contributed by atoms with Crippen LogP contribution >= 0.6 is 0 Å². The highest BCUT2D eigenvalue weighted by atomic mass is 19.4. The molecule has 29 heavy (non-hydrogen) atoms. The Bertz CT molecular complexity index is 874. The Balaban J connectivity index is 1.85. The number of benzene rings is 2. The molecule has 0 aliphatic carbocycles. The molecule has 1 heterocycles. The van der Waals surface area contributed by atoms with Crippen LogP contribution in [0.3, 0.4) is 0 Å². The summed E-state index contributed by atoms with van der Waals surface area (Å²) in [6.07, 6.45) is -7.52. The Morgan fingerprint density at radius 3 is 2.45 bits per heavy atom. The summed E-state index contributed by atoms with van der Waals surface area (Å²) in [5, 5.41) is 10.1. The van der Waals surface area contributed by atoms with Gasteiger partial charge in [-0.05, 0) is 23.3 Å². The Hall–Kier alpha value is -2.68. The average Bonchev–Trinajstić information content (AvgIpc) is 2.68. The highest BCUT2D eigenvalue weighted by Gasteiger charge is 2.57. The summed E-state index contributed by atoms with van der Waals surface area (Å²) >= 11 is 0. The second-order valence-corrected chi connectivity index (χ2v) is 6.91. The van der Waals surface area contributed by atoms with Crippen LogP contribution in [0.25, 0.3) is 0 Å². The predicted molar refractivity (Wildman–Crippen MR) is 92.7 cm³/mol. The zero-order chi connectivity index (χ0) is 21.2. The molecule has 0 radical (unpaired) electrons. The number of carbonyl (C=O) groups is 1. The first kappa shape index (κ1) is 21.0. The van der Waals surface area contributed by atoms with Crippen molar-refractivity contribution in [3.63, 3.8) is 0 Å². The van der Waals surface area contributed by atoms with E-state index in [-0.39, 0.29) is 12.2 Å². The van der Waals surface area contributed by atoms with Gasteiger partial charge in [0.25, 0.3) is 0 Å². The van der Waals surface area contributed by atoms with E-state index < -0.39 is 54.9 Å². The van der Waals surface area contributed by atoms with Crippen molar-refractivity contribution in [3.8, 4) is 0 Å². The fraction of sp³-hybridized carbons (Fsp3) is 0.350. The molecule has 1 amide bonds. The van der Waals surface area contributed by atoms with E-state index in [1.165, 1.54) is 0 Å². The molecule has 0 bridgehead atoms. The summed E-state index contributed by atoms with van der Waals surface area (Å²) in [4.78, 5) is 13.5. The van der Waals surface area contributed by atoms with E-state index in [1.54, 1.807) is 30.3 Å². The predicted octanol–water partition coefficient (Wildman–Crippen LogP) is 4.73. The Labute approximate surface area is 163 Å². The van der Waals surface area contributed by atoms with E-state index in [9.17, 15) is 31.9 Å². The van der Waals surface area contributed by atoms with Crippen LogP contribution in [0.4, 0.5) is 26.7 Å². The van der Waals surface area contributed by atoms with Gasteiger partial charge in [0, 0.05) is 19.4 Å². The first-order valence-corrected chi connectivity index (χ1v) is 8.82. The molecule has 1 fully saturated rings. The molecule has 1 aliphatic rings. The molecule has 0 aromatic heterocycles. The molecule has 2 unspecified atom stereocenters. The number of hydrogen-bond donors (Lipinski definition) is 1. The molecule has 1 N–H and O–H groups in total. The molecule has 1 aliphatic heterocycles. The van der Waals surface area contributed by atoms with Crippen molar-refractivity contribution in [2.45, 2.75) is 37.3 Å². The van der Waals surface area contributed by atoms with Crippen LogP contribution < -0.4 is 0 Å². The number of rotatable bonds is 3. The number of nitrogens with zero attached hydrogens (tertiary/aromatic N) is 1. The van der Waals surface area contributed by atoms with Crippen molar-refractivity contribution in [3.05, 3.63) is 71.3 Å². The summed E-state index contributed by atoms with van der Waals surface area (Å²) in [6.45, 7) is -0.572. The van der Waals surface area contributed by atoms with Gasteiger partial charge in [-0.25, -0.2) is 13.6 Å². The molecule has 2 atom stereocenters. The number of piperidine rings is 1. The molecule has 9 heteroatoms. The van der Waals surface area contributed by atoms with Gasteiger partial charge in [-0.15, -0.1) is 0 Å². The molecule has 2 aromatic rings. The van der Waals surface area contributed by atoms with Gasteiger partial charge in [-0.2, -0.15) is 13.2 Å². The lowest BCUT2D eigenvalue weighted by Gasteiger charge is -2.44. The highest BCUT2D eigenvalue weighted by Crippen LogP contribution is 2.45. The van der Waals surface area contributed by atoms with E-state index in [2.05, 4.69) is 0 Å². The van der Waals surface area contributed by atoms with Gasteiger partial charge >= 0.3 is 12.3 Å². The Morgan fingerprint density at radius 1 is 1.14 bits per heavy atom. The van der Waals surface area contributed by atoms with Crippen molar-refractivity contribution >= 4 is 6.09 Å². The van der Waals surface area contributed by atoms with Crippen molar-refractivity contribution in [1.29, 1.82) is 0 Å². The third-order valence-electron chi connectivity index (χ3n) is 4.97. The number of aliphatic hydroxyl groups is 1. The topological polar surface area (TPSA) is 49.8 Å². The highest BCUT2D eigenvalue weighted by molar-refractivity contribution is 5.68. The van der Waals surface area contributed by atoms with Crippen molar-refractivity contribution < 1.29 is 36.6 Å². The van der Waals surface area contributed by atoms with Gasteiger partial charge in [0.2, 0.25) is 0 Å². The minimum absolute atomic E-state index is 0.0667. The summed E-state index contributed by atoms with van der Waals surface area (Å²) in [7, 11) is 0. The zero-order valence-electron chi connectivity index (χ0n) is 15.1. The van der Waals surface area contributed by atoms with Crippen molar-refractivity contribution in [1.82, 2.24) is 4.90 Å². The number of alkyl halides is 3. The molecule has 0 spiro atoms. The zero-order valence-corrected chi connectivity index (χ0v) is 15.1. The van der Waals surface area contributed by atoms with Gasteiger partial charge in [0.05, 0.1) is 6.04 Å².